The number of nitrogens with one attached hydrogen (secondary N) is 1. The number of hydrogen-bond acceptors (Lipinski definition) is 6. The van der Waals surface area contributed by atoms with Crippen molar-refractivity contribution in [3.05, 3.63) is 59.7 Å². The Morgan fingerprint density at radius 3 is 2.78 bits per heavy atom. The van der Waals surface area contributed by atoms with E-state index in [0.717, 1.165) is 23.3 Å². The Bertz CT molecular complexity index is 953. The molecule has 1 aromatic carbocycles. The molecule has 1 aliphatic rings. The van der Waals surface area contributed by atoms with Gasteiger partial charge in [0.1, 0.15) is 11.8 Å². The van der Waals surface area contributed by atoms with Crippen molar-refractivity contribution in [3.63, 3.8) is 0 Å². The number of carbonyl (C=O) groups excluding carboxylic acids is 1. The minimum Gasteiger partial charge on any atom is -0.493 e. The highest BCUT2D eigenvalue weighted by molar-refractivity contribution is 5.94. The van der Waals surface area contributed by atoms with Gasteiger partial charge in [-0.25, -0.2) is 0 Å². The van der Waals surface area contributed by atoms with E-state index in [2.05, 4.69) is 20.4 Å². The van der Waals surface area contributed by atoms with E-state index in [1.807, 2.05) is 38.1 Å². The molecular formula is C20H20N4O3. The normalized spacial score (nSPS) is 13.9. The number of benzene rings is 1. The van der Waals surface area contributed by atoms with Crippen molar-refractivity contribution in [2.45, 2.75) is 26.3 Å². The van der Waals surface area contributed by atoms with E-state index in [-0.39, 0.29) is 17.9 Å². The molecule has 0 saturated heterocycles. The van der Waals surface area contributed by atoms with Crippen LogP contribution in [0.4, 0.5) is 0 Å². The third kappa shape index (κ3) is 3.53. The molecule has 0 spiro atoms. The average Bonchev–Trinajstić information content (AvgIpc) is 3.35. The Labute approximate surface area is 156 Å². The lowest BCUT2D eigenvalue weighted by atomic mass is 10.0. The number of nitrogens with zero attached hydrogens (tertiary/aromatic N) is 3. The molecule has 4 rings (SSSR count). The Hall–Kier alpha value is -3.22. The van der Waals surface area contributed by atoms with Crippen LogP contribution in [-0.4, -0.2) is 27.6 Å². The first kappa shape index (κ1) is 17.2. The quantitative estimate of drug-likeness (QED) is 0.748. The van der Waals surface area contributed by atoms with Crippen molar-refractivity contribution < 1.29 is 14.1 Å². The maximum Gasteiger partial charge on any atom is 0.251 e. The van der Waals surface area contributed by atoms with Gasteiger partial charge >= 0.3 is 0 Å². The Morgan fingerprint density at radius 2 is 2.00 bits per heavy atom. The Balaban J connectivity index is 1.55. The maximum atomic E-state index is 12.8. The van der Waals surface area contributed by atoms with Gasteiger partial charge in [0, 0.05) is 29.9 Å². The van der Waals surface area contributed by atoms with Gasteiger partial charge < -0.3 is 14.6 Å². The van der Waals surface area contributed by atoms with Crippen LogP contribution >= 0.6 is 0 Å². The topological polar surface area (TPSA) is 90.1 Å². The zero-order chi connectivity index (χ0) is 18.8. The molecule has 1 atom stereocenters. The lowest BCUT2D eigenvalue weighted by molar-refractivity contribution is 0.0914. The van der Waals surface area contributed by atoms with E-state index in [9.17, 15) is 4.79 Å². The van der Waals surface area contributed by atoms with Crippen LogP contribution in [0, 0.1) is 5.92 Å². The number of carbonyl (C=O) groups is 1. The molecule has 0 radical (unpaired) electrons. The van der Waals surface area contributed by atoms with Gasteiger partial charge in [0.05, 0.1) is 6.61 Å². The van der Waals surface area contributed by atoms with Gasteiger partial charge in [0.15, 0.2) is 0 Å². The van der Waals surface area contributed by atoms with E-state index < -0.39 is 0 Å². The number of fused-ring (bicyclic) bond motifs is 1. The first-order valence-corrected chi connectivity index (χ1v) is 8.92. The second kappa shape index (κ2) is 7.19. The van der Waals surface area contributed by atoms with Gasteiger partial charge in [-0.15, -0.1) is 0 Å². The molecule has 1 unspecified atom stereocenters. The summed E-state index contributed by atoms with van der Waals surface area (Å²) in [5.74, 6) is 1.62. The third-order valence-corrected chi connectivity index (χ3v) is 4.55. The summed E-state index contributed by atoms with van der Waals surface area (Å²) in [4.78, 5) is 21.2. The molecule has 0 bridgehead atoms. The summed E-state index contributed by atoms with van der Waals surface area (Å²) >= 11 is 0. The van der Waals surface area contributed by atoms with Gasteiger partial charge in [-0.05, 0) is 41.8 Å². The number of pyridine rings is 1. The molecule has 0 saturated carbocycles. The lowest BCUT2D eigenvalue weighted by Crippen LogP contribution is -2.32. The van der Waals surface area contributed by atoms with Crippen molar-refractivity contribution in [1.29, 1.82) is 0 Å². The fourth-order valence-corrected chi connectivity index (χ4v) is 3.05. The zero-order valence-corrected chi connectivity index (χ0v) is 15.2. The van der Waals surface area contributed by atoms with Crippen molar-refractivity contribution in [1.82, 2.24) is 20.4 Å². The average molecular weight is 364 g/mol. The molecular weight excluding hydrogens is 344 g/mol. The van der Waals surface area contributed by atoms with Crippen LogP contribution in [0.5, 0.6) is 5.75 Å². The van der Waals surface area contributed by atoms with Crippen LogP contribution in [0.1, 0.15) is 41.7 Å². The van der Waals surface area contributed by atoms with Gasteiger partial charge in [-0.3, -0.25) is 9.78 Å². The summed E-state index contributed by atoms with van der Waals surface area (Å²) < 4.78 is 10.9. The zero-order valence-electron chi connectivity index (χ0n) is 15.2. The van der Waals surface area contributed by atoms with Gasteiger partial charge in [0.2, 0.25) is 11.7 Å². The maximum absolute atomic E-state index is 12.8. The molecule has 0 fully saturated rings. The highest BCUT2D eigenvalue weighted by atomic mass is 16.5. The van der Waals surface area contributed by atoms with Crippen molar-refractivity contribution in [2.24, 2.45) is 5.92 Å². The summed E-state index contributed by atoms with van der Waals surface area (Å²) in [7, 11) is 0. The van der Waals surface area contributed by atoms with E-state index in [0.29, 0.717) is 23.9 Å². The lowest BCUT2D eigenvalue weighted by Gasteiger charge is -2.18. The summed E-state index contributed by atoms with van der Waals surface area (Å²) in [6, 6.07) is 8.73. The van der Waals surface area contributed by atoms with Crippen molar-refractivity contribution >= 4 is 5.91 Å². The number of ether oxygens (including phenoxy) is 1. The van der Waals surface area contributed by atoms with Gasteiger partial charge in [-0.1, -0.05) is 19.0 Å². The first-order valence-electron chi connectivity index (χ1n) is 8.92. The minimum atomic E-state index is -0.384. The van der Waals surface area contributed by atoms with Crippen molar-refractivity contribution in [2.75, 3.05) is 6.61 Å². The Morgan fingerprint density at radius 1 is 1.19 bits per heavy atom. The van der Waals surface area contributed by atoms with Crippen LogP contribution in [0.2, 0.25) is 0 Å². The fraction of sp³-hybridized carbons (Fsp3) is 0.300. The molecule has 7 heteroatoms. The van der Waals surface area contributed by atoms with Crippen LogP contribution in [-0.2, 0) is 6.42 Å². The molecule has 2 aromatic heterocycles. The van der Waals surface area contributed by atoms with E-state index >= 15 is 0 Å². The van der Waals surface area contributed by atoms with E-state index in [1.165, 1.54) is 0 Å². The number of amides is 1. The van der Waals surface area contributed by atoms with Crippen LogP contribution in [0.15, 0.2) is 47.2 Å². The van der Waals surface area contributed by atoms with Crippen LogP contribution in [0.25, 0.3) is 11.4 Å². The highest BCUT2D eigenvalue weighted by Gasteiger charge is 2.26. The molecule has 1 aliphatic heterocycles. The molecule has 3 heterocycles. The van der Waals surface area contributed by atoms with Gasteiger partial charge in [0.25, 0.3) is 5.91 Å². The summed E-state index contributed by atoms with van der Waals surface area (Å²) in [6.07, 6.45) is 4.16. The van der Waals surface area contributed by atoms with E-state index in [1.54, 1.807) is 18.5 Å². The molecule has 0 aliphatic carbocycles. The van der Waals surface area contributed by atoms with Gasteiger partial charge in [-0.2, -0.15) is 4.98 Å². The summed E-state index contributed by atoms with van der Waals surface area (Å²) in [6.45, 7) is 4.66. The van der Waals surface area contributed by atoms with Crippen LogP contribution in [0.3, 0.4) is 0 Å². The van der Waals surface area contributed by atoms with Crippen molar-refractivity contribution in [3.8, 4) is 17.1 Å². The molecule has 3 aromatic rings. The molecule has 1 N–H and O–H groups in total. The van der Waals surface area contributed by atoms with Crippen LogP contribution < -0.4 is 10.1 Å². The number of aromatic nitrogens is 3. The molecule has 27 heavy (non-hydrogen) atoms. The third-order valence-electron chi connectivity index (χ3n) is 4.55. The smallest absolute Gasteiger partial charge is 0.251 e. The monoisotopic (exact) mass is 364 g/mol. The highest BCUT2D eigenvalue weighted by Crippen LogP contribution is 2.27. The predicted octanol–water partition coefficient (Wildman–Crippen LogP) is 3.19. The molecule has 138 valence electrons. The summed E-state index contributed by atoms with van der Waals surface area (Å²) in [5, 5.41) is 7.05. The second-order valence-electron chi connectivity index (χ2n) is 6.81. The second-order valence-corrected chi connectivity index (χ2v) is 6.81. The fourth-order valence-electron chi connectivity index (χ4n) is 3.05. The predicted molar refractivity (Wildman–Crippen MR) is 98.2 cm³/mol. The van der Waals surface area contributed by atoms with E-state index in [4.69, 9.17) is 9.26 Å². The summed E-state index contributed by atoms with van der Waals surface area (Å²) in [5.41, 5.74) is 2.47. The SMILES string of the molecule is CC(C)C(NC(=O)c1ccc2c(c1)CCO2)c1nc(-c2ccncc2)no1. The molecule has 1 amide bonds. The Kier molecular flexibility index (Phi) is 4.58. The minimum absolute atomic E-state index is 0.0810. The first-order chi connectivity index (χ1) is 13.1. The molecule has 7 nitrogen and oxygen atoms in total. The standard InChI is InChI=1S/C20H20N4O3/c1-12(2)17(20-23-18(24-27-20)13-5-8-21-9-6-13)22-19(25)15-3-4-16-14(11-15)7-10-26-16/h3-6,8-9,11-12,17H,7,10H2,1-2H3,(H,22,25). The number of rotatable bonds is 5. The number of hydrogen-bond donors (Lipinski definition) is 1. The largest absolute Gasteiger partial charge is 0.493 e.